The van der Waals surface area contributed by atoms with Gasteiger partial charge in [-0.3, -0.25) is 4.79 Å². The summed E-state index contributed by atoms with van der Waals surface area (Å²) in [6.45, 7) is 2.68. The van der Waals surface area contributed by atoms with Gasteiger partial charge in [0, 0.05) is 17.5 Å². The number of carbonyl (C=O) groups excluding carboxylic acids is 1. The van der Waals surface area contributed by atoms with Crippen LogP contribution < -0.4 is 15.4 Å². The van der Waals surface area contributed by atoms with Gasteiger partial charge in [0.2, 0.25) is 5.91 Å². The number of hydrogen-bond acceptors (Lipinski definition) is 4. The number of amides is 1. The van der Waals surface area contributed by atoms with E-state index in [1.807, 2.05) is 38.2 Å². The third-order valence-corrected chi connectivity index (χ3v) is 3.54. The summed E-state index contributed by atoms with van der Waals surface area (Å²) in [6, 6.07) is 7.98. The molecular formula is C13H21ClN2O2S. The molecule has 1 aromatic rings. The van der Waals surface area contributed by atoms with Gasteiger partial charge in [-0.2, -0.15) is 0 Å². The lowest BCUT2D eigenvalue weighted by molar-refractivity contribution is -0.118. The Labute approximate surface area is 125 Å². The van der Waals surface area contributed by atoms with Gasteiger partial charge < -0.3 is 15.4 Å². The van der Waals surface area contributed by atoms with Crippen molar-refractivity contribution in [1.82, 2.24) is 10.6 Å². The van der Waals surface area contributed by atoms with E-state index in [-0.39, 0.29) is 18.3 Å². The van der Waals surface area contributed by atoms with E-state index in [4.69, 9.17) is 4.74 Å². The van der Waals surface area contributed by atoms with E-state index in [0.717, 1.165) is 10.6 Å². The molecule has 0 aliphatic rings. The predicted octanol–water partition coefficient (Wildman–Crippen LogP) is 1.93. The van der Waals surface area contributed by atoms with Crippen molar-refractivity contribution in [3.05, 3.63) is 24.3 Å². The second kappa shape index (κ2) is 9.95. The smallest absolute Gasteiger partial charge is 0.230 e. The Hall–Kier alpha value is -0.910. The van der Waals surface area contributed by atoms with Crippen molar-refractivity contribution in [3.8, 4) is 5.75 Å². The Morgan fingerprint density at radius 1 is 1.37 bits per heavy atom. The maximum atomic E-state index is 11.6. The first-order valence-corrected chi connectivity index (χ1v) is 6.85. The molecule has 0 spiro atoms. The van der Waals surface area contributed by atoms with Gasteiger partial charge >= 0.3 is 0 Å². The minimum atomic E-state index is 0. The summed E-state index contributed by atoms with van der Waals surface area (Å²) >= 11 is 1.52. The fourth-order valence-corrected chi connectivity index (χ4v) is 1.97. The minimum absolute atomic E-state index is 0. The lowest BCUT2D eigenvalue weighted by atomic mass is 10.3. The first kappa shape index (κ1) is 18.1. The molecule has 0 aliphatic heterocycles. The fourth-order valence-electron chi connectivity index (χ4n) is 1.24. The molecule has 108 valence electrons. The Morgan fingerprint density at radius 2 is 2.00 bits per heavy atom. The molecule has 0 fully saturated rings. The van der Waals surface area contributed by atoms with Crippen molar-refractivity contribution in [2.45, 2.75) is 17.9 Å². The van der Waals surface area contributed by atoms with Crippen LogP contribution in [0.25, 0.3) is 0 Å². The van der Waals surface area contributed by atoms with Crippen molar-refractivity contribution in [2.24, 2.45) is 0 Å². The standard InChI is InChI=1S/C13H20N2O2S.ClH/c1-10(14-2)8-15-13(16)9-18-12-6-4-11(17-3)5-7-12;/h4-7,10,14H,8-9H2,1-3H3,(H,15,16);1H. The molecule has 0 saturated carbocycles. The number of rotatable bonds is 7. The molecule has 1 amide bonds. The van der Waals surface area contributed by atoms with E-state index in [1.165, 1.54) is 11.8 Å². The van der Waals surface area contributed by atoms with Crippen LogP contribution in [0.4, 0.5) is 0 Å². The summed E-state index contributed by atoms with van der Waals surface area (Å²) in [6.07, 6.45) is 0. The Morgan fingerprint density at radius 3 is 2.53 bits per heavy atom. The summed E-state index contributed by atoms with van der Waals surface area (Å²) in [4.78, 5) is 12.6. The Balaban J connectivity index is 0.00000324. The van der Waals surface area contributed by atoms with Crippen LogP contribution in [0.1, 0.15) is 6.92 Å². The molecule has 1 atom stereocenters. The number of hydrogen-bond donors (Lipinski definition) is 2. The summed E-state index contributed by atoms with van der Waals surface area (Å²) in [5, 5.41) is 5.95. The van der Waals surface area contributed by atoms with Crippen LogP contribution in [0.5, 0.6) is 5.75 Å². The van der Waals surface area contributed by atoms with Gasteiger partial charge in [0.05, 0.1) is 12.9 Å². The highest BCUT2D eigenvalue weighted by Crippen LogP contribution is 2.20. The monoisotopic (exact) mass is 304 g/mol. The molecule has 0 saturated heterocycles. The quantitative estimate of drug-likeness (QED) is 0.756. The summed E-state index contributed by atoms with van der Waals surface area (Å²) < 4.78 is 5.08. The molecule has 0 bridgehead atoms. The van der Waals surface area contributed by atoms with Crippen molar-refractivity contribution in [2.75, 3.05) is 26.5 Å². The van der Waals surface area contributed by atoms with E-state index in [9.17, 15) is 4.79 Å². The number of ether oxygens (including phenoxy) is 1. The van der Waals surface area contributed by atoms with Crippen LogP contribution in [0.2, 0.25) is 0 Å². The molecule has 0 radical (unpaired) electrons. The molecule has 6 heteroatoms. The lowest BCUT2D eigenvalue weighted by Crippen LogP contribution is -2.37. The zero-order valence-electron chi connectivity index (χ0n) is 11.4. The van der Waals surface area contributed by atoms with Crippen LogP contribution in [0, 0.1) is 0 Å². The summed E-state index contributed by atoms with van der Waals surface area (Å²) in [5.41, 5.74) is 0. The number of nitrogens with one attached hydrogen (secondary N) is 2. The Kier molecular flexibility index (Phi) is 9.47. The molecule has 0 aliphatic carbocycles. The van der Waals surface area contributed by atoms with E-state index < -0.39 is 0 Å². The van der Waals surface area contributed by atoms with E-state index in [1.54, 1.807) is 7.11 Å². The number of thioether (sulfide) groups is 1. The number of halogens is 1. The normalized spacial score (nSPS) is 11.3. The van der Waals surface area contributed by atoms with Gasteiger partial charge in [-0.1, -0.05) is 0 Å². The second-order valence-electron chi connectivity index (χ2n) is 3.96. The molecule has 0 heterocycles. The van der Waals surface area contributed by atoms with Crippen LogP contribution >= 0.6 is 24.2 Å². The second-order valence-corrected chi connectivity index (χ2v) is 5.01. The van der Waals surface area contributed by atoms with Gasteiger partial charge in [0.25, 0.3) is 0 Å². The molecule has 0 aromatic heterocycles. The highest BCUT2D eigenvalue weighted by Gasteiger charge is 2.04. The van der Waals surface area contributed by atoms with Crippen molar-refractivity contribution in [3.63, 3.8) is 0 Å². The molecule has 1 unspecified atom stereocenters. The van der Waals surface area contributed by atoms with Crippen molar-refractivity contribution in [1.29, 1.82) is 0 Å². The lowest BCUT2D eigenvalue weighted by Gasteiger charge is -2.11. The van der Waals surface area contributed by atoms with Gasteiger partial charge in [-0.25, -0.2) is 0 Å². The number of likely N-dealkylation sites (N-methyl/N-ethyl adjacent to an activating group) is 1. The van der Waals surface area contributed by atoms with E-state index >= 15 is 0 Å². The third-order valence-electron chi connectivity index (χ3n) is 2.53. The molecule has 1 aromatic carbocycles. The van der Waals surface area contributed by atoms with Crippen LogP contribution in [0.15, 0.2) is 29.2 Å². The van der Waals surface area contributed by atoms with Gasteiger partial charge in [0.1, 0.15) is 5.75 Å². The minimum Gasteiger partial charge on any atom is -0.497 e. The van der Waals surface area contributed by atoms with E-state index in [0.29, 0.717) is 18.3 Å². The Bertz CT molecular complexity index is 373. The molecule has 19 heavy (non-hydrogen) atoms. The van der Waals surface area contributed by atoms with Gasteiger partial charge in [0.15, 0.2) is 0 Å². The largest absolute Gasteiger partial charge is 0.497 e. The highest BCUT2D eigenvalue weighted by atomic mass is 35.5. The molecule has 1 rings (SSSR count). The molecule has 4 nitrogen and oxygen atoms in total. The predicted molar refractivity (Wildman–Crippen MR) is 82.5 cm³/mol. The van der Waals surface area contributed by atoms with Gasteiger partial charge in [-0.15, -0.1) is 24.2 Å². The van der Waals surface area contributed by atoms with Crippen LogP contribution in [-0.4, -0.2) is 38.4 Å². The number of benzene rings is 1. The summed E-state index contributed by atoms with van der Waals surface area (Å²) in [5.74, 6) is 1.31. The first-order chi connectivity index (χ1) is 8.65. The average Bonchev–Trinajstić information content (AvgIpc) is 2.42. The summed E-state index contributed by atoms with van der Waals surface area (Å²) in [7, 11) is 3.52. The molecular weight excluding hydrogens is 284 g/mol. The fraction of sp³-hybridized carbons (Fsp3) is 0.462. The van der Waals surface area contributed by atoms with E-state index in [2.05, 4.69) is 10.6 Å². The third kappa shape index (κ3) is 7.30. The maximum absolute atomic E-state index is 11.6. The average molecular weight is 305 g/mol. The maximum Gasteiger partial charge on any atom is 0.230 e. The highest BCUT2D eigenvalue weighted by molar-refractivity contribution is 8.00. The zero-order chi connectivity index (χ0) is 13.4. The van der Waals surface area contributed by atoms with Crippen LogP contribution in [-0.2, 0) is 4.79 Å². The molecule has 2 N–H and O–H groups in total. The zero-order valence-corrected chi connectivity index (χ0v) is 13.1. The van der Waals surface area contributed by atoms with Crippen molar-refractivity contribution >= 4 is 30.1 Å². The SMILES string of the molecule is CNC(C)CNC(=O)CSc1ccc(OC)cc1.Cl. The number of carbonyl (C=O) groups is 1. The first-order valence-electron chi connectivity index (χ1n) is 5.86. The van der Waals surface area contributed by atoms with Crippen LogP contribution in [0.3, 0.4) is 0 Å². The van der Waals surface area contributed by atoms with Crippen molar-refractivity contribution < 1.29 is 9.53 Å². The number of methoxy groups -OCH3 is 1. The topological polar surface area (TPSA) is 50.4 Å². The van der Waals surface area contributed by atoms with Gasteiger partial charge in [-0.05, 0) is 38.2 Å².